The first-order valence-electron chi connectivity index (χ1n) is 6.90. The molecule has 5 heteroatoms. The first kappa shape index (κ1) is 15.3. The Morgan fingerprint density at radius 3 is 2.85 bits per heavy atom. The van der Waals surface area contributed by atoms with E-state index in [2.05, 4.69) is 4.90 Å². The molecule has 0 bridgehead atoms. The molecule has 0 aromatic heterocycles. The number of nitrogens with zero attached hydrogens (tertiary/aromatic N) is 1. The maximum absolute atomic E-state index is 13.5. The van der Waals surface area contributed by atoms with Gasteiger partial charge in [-0.3, -0.25) is 4.79 Å². The van der Waals surface area contributed by atoms with Gasteiger partial charge in [0.15, 0.2) is 0 Å². The van der Waals surface area contributed by atoms with Crippen LogP contribution < -0.4 is 0 Å². The highest BCUT2D eigenvalue weighted by molar-refractivity contribution is 7.99. The molecule has 0 radical (unpaired) electrons. The summed E-state index contributed by atoms with van der Waals surface area (Å²) in [5.41, 5.74) is -0.581. The molecule has 0 saturated carbocycles. The predicted molar refractivity (Wildman–Crippen MR) is 78.5 cm³/mol. The Morgan fingerprint density at radius 1 is 1.50 bits per heavy atom. The zero-order valence-electron chi connectivity index (χ0n) is 11.6. The van der Waals surface area contributed by atoms with Gasteiger partial charge in [-0.25, -0.2) is 4.39 Å². The largest absolute Gasteiger partial charge is 0.481 e. The van der Waals surface area contributed by atoms with Gasteiger partial charge < -0.3 is 10.0 Å². The second-order valence-corrected chi connectivity index (χ2v) is 6.38. The van der Waals surface area contributed by atoms with Gasteiger partial charge in [-0.15, -0.1) is 11.8 Å². The van der Waals surface area contributed by atoms with E-state index in [1.165, 1.54) is 17.8 Å². The van der Waals surface area contributed by atoms with Crippen molar-refractivity contribution in [1.29, 1.82) is 0 Å². The van der Waals surface area contributed by atoms with Crippen LogP contribution in [0, 0.1) is 11.2 Å². The van der Waals surface area contributed by atoms with E-state index in [1.54, 1.807) is 12.1 Å². The second-order valence-electron chi connectivity index (χ2n) is 5.24. The van der Waals surface area contributed by atoms with Gasteiger partial charge in [0.05, 0.1) is 5.41 Å². The number of benzene rings is 1. The summed E-state index contributed by atoms with van der Waals surface area (Å²) >= 11 is 1.49. The maximum Gasteiger partial charge on any atom is 0.310 e. The quantitative estimate of drug-likeness (QED) is 0.819. The summed E-state index contributed by atoms with van der Waals surface area (Å²) in [7, 11) is 0. The van der Waals surface area contributed by atoms with E-state index in [0.29, 0.717) is 24.3 Å². The second kappa shape index (κ2) is 6.59. The van der Waals surface area contributed by atoms with Crippen molar-refractivity contribution < 1.29 is 14.3 Å². The van der Waals surface area contributed by atoms with Crippen LogP contribution in [0.4, 0.5) is 4.39 Å². The van der Waals surface area contributed by atoms with Crippen molar-refractivity contribution in [3.8, 4) is 0 Å². The molecule has 1 unspecified atom stereocenters. The fraction of sp³-hybridized carbons (Fsp3) is 0.533. The molecule has 1 N–H and O–H groups in total. The van der Waals surface area contributed by atoms with E-state index in [9.17, 15) is 14.3 Å². The van der Waals surface area contributed by atoms with Gasteiger partial charge in [-0.05, 0) is 31.5 Å². The van der Waals surface area contributed by atoms with Gasteiger partial charge in [0.2, 0.25) is 0 Å². The number of hydrogen-bond acceptors (Lipinski definition) is 3. The zero-order chi connectivity index (χ0) is 14.6. The molecule has 3 nitrogen and oxygen atoms in total. The Balaban J connectivity index is 1.82. The number of halogens is 1. The van der Waals surface area contributed by atoms with Crippen LogP contribution in [0.25, 0.3) is 0 Å². The van der Waals surface area contributed by atoms with Crippen LogP contribution in [0.15, 0.2) is 29.2 Å². The summed E-state index contributed by atoms with van der Waals surface area (Å²) in [6.07, 6.45) is 1.38. The predicted octanol–water partition coefficient (Wildman–Crippen LogP) is 3.10. The topological polar surface area (TPSA) is 40.5 Å². The van der Waals surface area contributed by atoms with Crippen LogP contribution >= 0.6 is 11.8 Å². The molecule has 1 heterocycles. The Hall–Kier alpha value is -1.07. The number of likely N-dealkylation sites (tertiary alicyclic amines) is 1. The highest BCUT2D eigenvalue weighted by atomic mass is 32.2. The molecule has 1 aromatic rings. The smallest absolute Gasteiger partial charge is 0.310 e. The van der Waals surface area contributed by atoms with E-state index in [-0.39, 0.29) is 5.82 Å². The Labute approximate surface area is 123 Å². The van der Waals surface area contributed by atoms with Gasteiger partial charge in [0.25, 0.3) is 0 Å². The van der Waals surface area contributed by atoms with E-state index in [0.717, 1.165) is 18.8 Å². The van der Waals surface area contributed by atoms with Gasteiger partial charge in [0.1, 0.15) is 5.82 Å². The van der Waals surface area contributed by atoms with Crippen molar-refractivity contribution >= 4 is 17.7 Å². The van der Waals surface area contributed by atoms with Crippen molar-refractivity contribution in [1.82, 2.24) is 4.90 Å². The number of thioether (sulfide) groups is 1. The summed E-state index contributed by atoms with van der Waals surface area (Å²) in [5.74, 6) is -0.100. The summed E-state index contributed by atoms with van der Waals surface area (Å²) in [6, 6.07) is 6.75. The van der Waals surface area contributed by atoms with Gasteiger partial charge in [-0.2, -0.15) is 0 Å². The SMILES string of the molecule is CCC1(C(=O)O)CCN(CCSc2ccccc2F)C1. The lowest BCUT2D eigenvalue weighted by Crippen LogP contribution is -2.34. The van der Waals surface area contributed by atoms with Crippen LogP contribution in [0.5, 0.6) is 0 Å². The highest BCUT2D eigenvalue weighted by Crippen LogP contribution is 2.34. The molecule has 1 aromatic carbocycles. The van der Waals surface area contributed by atoms with E-state index >= 15 is 0 Å². The van der Waals surface area contributed by atoms with Crippen molar-refractivity contribution in [2.75, 3.05) is 25.4 Å². The Morgan fingerprint density at radius 2 is 2.25 bits per heavy atom. The number of aliphatic carboxylic acids is 1. The first-order valence-corrected chi connectivity index (χ1v) is 7.89. The molecule has 1 atom stereocenters. The van der Waals surface area contributed by atoms with Gasteiger partial charge >= 0.3 is 5.97 Å². The highest BCUT2D eigenvalue weighted by Gasteiger charge is 2.42. The lowest BCUT2D eigenvalue weighted by atomic mass is 9.84. The van der Waals surface area contributed by atoms with E-state index < -0.39 is 11.4 Å². The molecule has 1 aliphatic rings. The van der Waals surface area contributed by atoms with Crippen molar-refractivity contribution in [3.05, 3.63) is 30.1 Å². The van der Waals surface area contributed by atoms with Crippen LogP contribution in [-0.2, 0) is 4.79 Å². The van der Waals surface area contributed by atoms with Crippen LogP contribution in [0.3, 0.4) is 0 Å². The third kappa shape index (κ3) is 3.33. The number of rotatable bonds is 6. The number of carboxylic acid groups (broad SMARTS) is 1. The fourth-order valence-electron chi connectivity index (χ4n) is 2.61. The summed E-state index contributed by atoms with van der Waals surface area (Å²) in [6.45, 7) is 4.16. The first-order chi connectivity index (χ1) is 9.57. The summed E-state index contributed by atoms with van der Waals surface area (Å²) in [4.78, 5) is 14.2. The molecule has 0 spiro atoms. The molecule has 2 rings (SSSR count). The maximum atomic E-state index is 13.5. The van der Waals surface area contributed by atoms with Crippen molar-refractivity contribution in [3.63, 3.8) is 0 Å². The molecule has 0 aliphatic carbocycles. The summed E-state index contributed by atoms with van der Waals surface area (Å²) < 4.78 is 13.5. The molecular formula is C15H20FNO2S. The van der Waals surface area contributed by atoms with Crippen LogP contribution in [0.2, 0.25) is 0 Å². The fourth-order valence-corrected chi connectivity index (χ4v) is 3.56. The number of carbonyl (C=O) groups is 1. The molecular weight excluding hydrogens is 277 g/mol. The molecule has 20 heavy (non-hydrogen) atoms. The van der Waals surface area contributed by atoms with Crippen LogP contribution in [-0.4, -0.2) is 41.4 Å². The average Bonchev–Trinajstić information content (AvgIpc) is 2.86. The van der Waals surface area contributed by atoms with Gasteiger partial charge in [-0.1, -0.05) is 19.1 Å². The minimum atomic E-state index is -0.691. The third-order valence-electron chi connectivity index (χ3n) is 4.07. The van der Waals surface area contributed by atoms with Crippen LogP contribution in [0.1, 0.15) is 19.8 Å². The minimum Gasteiger partial charge on any atom is -0.481 e. The molecule has 0 amide bonds. The van der Waals surface area contributed by atoms with Crippen molar-refractivity contribution in [2.45, 2.75) is 24.7 Å². The van der Waals surface area contributed by atoms with E-state index in [1.807, 2.05) is 13.0 Å². The standard InChI is InChI=1S/C15H20FNO2S/c1-2-15(14(18)19)7-8-17(11-15)9-10-20-13-6-4-3-5-12(13)16/h3-6H,2,7-11H2,1H3,(H,18,19). The monoisotopic (exact) mass is 297 g/mol. The summed E-state index contributed by atoms with van der Waals surface area (Å²) in [5, 5.41) is 9.34. The molecule has 110 valence electrons. The van der Waals surface area contributed by atoms with Crippen molar-refractivity contribution in [2.24, 2.45) is 5.41 Å². The number of hydrogen-bond donors (Lipinski definition) is 1. The average molecular weight is 297 g/mol. The Kier molecular flexibility index (Phi) is 5.05. The number of carboxylic acids is 1. The third-order valence-corrected chi connectivity index (χ3v) is 5.09. The lowest BCUT2D eigenvalue weighted by molar-refractivity contribution is -0.148. The minimum absolute atomic E-state index is 0.188. The molecule has 1 aliphatic heterocycles. The lowest BCUT2D eigenvalue weighted by Gasteiger charge is -2.23. The normalized spacial score (nSPS) is 23.1. The zero-order valence-corrected chi connectivity index (χ0v) is 12.5. The van der Waals surface area contributed by atoms with E-state index in [4.69, 9.17) is 0 Å². The molecule has 1 saturated heterocycles. The molecule has 1 fully saturated rings. The Bertz CT molecular complexity index is 483. The van der Waals surface area contributed by atoms with Gasteiger partial charge in [0, 0.05) is 23.7 Å².